The maximum absolute atomic E-state index is 12.5. The first kappa shape index (κ1) is 22.0. The highest BCUT2D eigenvalue weighted by Gasteiger charge is 2.29. The molecule has 1 heterocycles. The van der Waals surface area contributed by atoms with Gasteiger partial charge in [-0.15, -0.1) is 24.8 Å². The first-order valence-electron chi connectivity index (χ1n) is 8.35. The maximum Gasteiger partial charge on any atom is 0.222 e. The van der Waals surface area contributed by atoms with E-state index in [-0.39, 0.29) is 30.9 Å². The Hall–Kier alpha value is -0.0300. The molecule has 0 aromatic heterocycles. The van der Waals surface area contributed by atoms with Gasteiger partial charge in [0.25, 0.3) is 0 Å². The molecule has 1 saturated heterocycles. The number of amides is 1. The number of piperidine rings is 1. The monoisotopic (exact) mass is 353 g/mol. The van der Waals surface area contributed by atoms with E-state index in [1.165, 1.54) is 12.8 Å². The summed E-state index contributed by atoms with van der Waals surface area (Å²) in [5.41, 5.74) is 6.16. The molecular weight excluding hydrogens is 321 g/mol. The van der Waals surface area contributed by atoms with E-state index < -0.39 is 0 Å². The Kier molecular flexibility index (Phi) is 10.7. The number of hydrogen-bond donors (Lipinski definition) is 1. The van der Waals surface area contributed by atoms with Crippen molar-refractivity contribution in [3.8, 4) is 0 Å². The number of carbonyl (C=O) groups is 1. The number of nitrogens with zero attached hydrogens (tertiary/aromatic N) is 2. The Bertz CT molecular complexity index is 323. The predicted octanol–water partition coefficient (Wildman–Crippen LogP) is 2.68. The van der Waals surface area contributed by atoms with Crippen LogP contribution >= 0.6 is 24.8 Å². The van der Waals surface area contributed by atoms with Crippen molar-refractivity contribution in [3.05, 3.63) is 0 Å². The minimum absolute atomic E-state index is 0. The van der Waals surface area contributed by atoms with Gasteiger partial charge in [0.15, 0.2) is 0 Å². The fraction of sp³-hybridized carbons (Fsp3) is 0.938. The Morgan fingerprint density at radius 1 is 1.14 bits per heavy atom. The van der Waals surface area contributed by atoms with Gasteiger partial charge in [0.2, 0.25) is 5.91 Å². The van der Waals surface area contributed by atoms with Crippen LogP contribution in [0.5, 0.6) is 0 Å². The second kappa shape index (κ2) is 10.7. The lowest BCUT2D eigenvalue weighted by Crippen LogP contribution is -2.46. The van der Waals surface area contributed by atoms with Gasteiger partial charge in [0.1, 0.15) is 0 Å². The fourth-order valence-electron chi connectivity index (χ4n) is 3.68. The Balaban J connectivity index is 0.00000220. The zero-order valence-corrected chi connectivity index (χ0v) is 15.6. The summed E-state index contributed by atoms with van der Waals surface area (Å²) in [6.07, 6.45) is 7.60. The number of nitrogens with two attached hydrogens (primary N) is 1. The van der Waals surface area contributed by atoms with Crippen molar-refractivity contribution in [1.82, 2.24) is 9.80 Å². The first-order valence-corrected chi connectivity index (χ1v) is 8.35. The van der Waals surface area contributed by atoms with Crippen molar-refractivity contribution >= 4 is 30.7 Å². The summed E-state index contributed by atoms with van der Waals surface area (Å²) in [5, 5.41) is 0. The third-order valence-corrected chi connectivity index (χ3v) is 5.35. The molecule has 1 aliphatic heterocycles. The Labute approximate surface area is 148 Å². The standard InChI is InChI=1S/C16H31N3O.2ClH/c1-3-19-10-8-14(9-11-19)18(2)16(20)12-13-6-4-5-7-15(13)17;;/h13-15H,3-12,17H2,1-2H3;2*1H. The summed E-state index contributed by atoms with van der Waals surface area (Å²) in [6, 6.07) is 0.674. The lowest BCUT2D eigenvalue weighted by atomic mass is 9.82. The summed E-state index contributed by atoms with van der Waals surface area (Å²) >= 11 is 0. The molecule has 1 amide bonds. The highest BCUT2D eigenvalue weighted by molar-refractivity contribution is 5.85. The third-order valence-electron chi connectivity index (χ3n) is 5.35. The highest BCUT2D eigenvalue weighted by atomic mass is 35.5. The van der Waals surface area contributed by atoms with Crippen molar-refractivity contribution in [1.29, 1.82) is 0 Å². The first-order chi connectivity index (χ1) is 9.61. The normalized spacial score (nSPS) is 26.7. The van der Waals surface area contributed by atoms with Crippen LogP contribution in [-0.4, -0.2) is 54.5 Å². The van der Waals surface area contributed by atoms with E-state index in [1.54, 1.807) is 0 Å². The van der Waals surface area contributed by atoms with Crippen molar-refractivity contribution in [3.63, 3.8) is 0 Å². The minimum Gasteiger partial charge on any atom is -0.343 e. The lowest BCUT2D eigenvalue weighted by Gasteiger charge is -2.37. The fourth-order valence-corrected chi connectivity index (χ4v) is 3.68. The number of hydrogen-bond acceptors (Lipinski definition) is 3. The van der Waals surface area contributed by atoms with Gasteiger partial charge in [0.05, 0.1) is 0 Å². The number of rotatable bonds is 4. The molecule has 2 rings (SSSR count). The van der Waals surface area contributed by atoms with E-state index in [0.29, 0.717) is 24.3 Å². The largest absolute Gasteiger partial charge is 0.343 e. The molecule has 0 radical (unpaired) electrons. The van der Waals surface area contributed by atoms with Gasteiger partial charge < -0.3 is 15.5 Å². The van der Waals surface area contributed by atoms with Crippen molar-refractivity contribution in [2.75, 3.05) is 26.7 Å². The van der Waals surface area contributed by atoms with Crippen LogP contribution in [0.4, 0.5) is 0 Å². The van der Waals surface area contributed by atoms with Gasteiger partial charge in [0, 0.05) is 38.6 Å². The molecule has 0 aromatic carbocycles. The zero-order valence-electron chi connectivity index (χ0n) is 14.0. The summed E-state index contributed by atoms with van der Waals surface area (Å²) in [5.74, 6) is 0.719. The van der Waals surface area contributed by atoms with Gasteiger partial charge in [-0.2, -0.15) is 0 Å². The summed E-state index contributed by atoms with van der Waals surface area (Å²) in [6.45, 7) is 5.59. The van der Waals surface area contributed by atoms with Crippen LogP contribution in [0.25, 0.3) is 0 Å². The van der Waals surface area contributed by atoms with E-state index in [9.17, 15) is 4.79 Å². The molecule has 2 atom stereocenters. The quantitative estimate of drug-likeness (QED) is 0.845. The van der Waals surface area contributed by atoms with Crippen molar-refractivity contribution in [2.45, 2.75) is 64.0 Å². The molecule has 22 heavy (non-hydrogen) atoms. The zero-order chi connectivity index (χ0) is 14.5. The van der Waals surface area contributed by atoms with Crippen LogP contribution in [0.3, 0.4) is 0 Å². The summed E-state index contributed by atoms with van der Waals surface area (Å²) < 4.78 is 0. The van der Waals surface area contributed by atoms with Crippen LogP contribution in [0.2, 0.25) is 0 Å². The van der Waals surface area contributed by atoms with Crippen molar-refractivity contribution in [2.24, 2.45) is 11.7 Å². The highest BCUT2D eigenvalue weighted by Crippen LogP contribution is 2.27. The summed E-state index contributed by atoms with van der Waals surface area (Å²) in [4.78, 5) is 16.9. The molecule has 0 spiro atoms. The molecular formula is C16H33Cl2N3O. The third kappa shape index (κ3) is 5.88. The topological polar surface area (TPSA) is 49.6 Å². The molecule has 1 aliphatic carbocycles. The smallest absolute Gasteiger partial charge is 0.222 e. The van der Waals surface area contributed by atoms with E-state index >= 15 is 0 Å². The molecule has 2 unspecified atom stereocenters. The number of carbonyl (C=O) groups excluding carboxylic acids is 1. The van der Waals surface area contributed by atoms with Crippen LogP contribution in [0, 0.1) is 5.92 Å². The van der Waals surface area contributed by atoms with E-state index in [1.807, 2.05) is 11.9 Å². The average molecular weight is 354 g/mol. The van der Waals surface area contributed by atoms with E-state index in [4.69, 9.17) is 5.73 Å². The SMILES string of the molecule is CCN1CCC(N(C)C(=O)CC2CCCCC2N)CC1.Cl.Cl. The van der Waals surface area contributed by atoms with Gasteiger partial charge in [-0.1, -0.05) is 19.8 Å². The molecule has 2 N–H and O–H groups in total. The second-order valence-electron chi connectivity index (χ2n) is 6.58. The van der Waals surface area contributed by atoms with Crippen LogP contribution in [0.1, 0.15) is 51.9 Å². The van der Waals surface area contributed by atoms with E-state index in [0.717, 1.165) is 45.3 Å². The molecule has 132 valence electrons. The van der Waals surface area contributed by atoms with Gasteiger partial charge >= 0.3 is 0 Å². The van der Waals surface area contributed by atoms with Crippen LogP contribution < -0.4 is 5.73 Å². The average Bonchev–Trinajstić information content (AvgIpc) is 2.49. The Morgan fingerprint density at radius 3 is 2.27 bits per heavy atom. The molecule has 4 nitrogen and oxygen atoms in total. The summed E-state index contributed by atoms with van der Waals surface area (Å²) in [7, 11) is 1.99. The number of likely N-dealkylation sites (tertiary alicyclic amines) is 1. The predicted molar refractivity (Wildman–Crippen MR) is 97.0 cm³/mol. The van der Waals surface area contributed by atoms with Gasteiger partial charge in [-0.3, -0.25) is 4.79 Å². The number of halogens is 2. The molecule has 6 heteroatoms. The molecule has 1 saturated carbocycles. The second-order valence-corrected chi connectivity index (χ2v) is 6.58. The van der Waals surface area contributed by atoms with Gasteiger partial charge in [-0.05, 0) is 38.1 Å². The van der Waals surface area contributed by atoms with Crippen LogP contribution in [-0.2, 0) is 4.79 Å². The van der Waals surface area contributed by atoms with Gasteiger partial charge in [-0.25, -0.2) is 0 Å². The maximum atomic E-state index is 12.5. The molecule has 0 aromatic rings. The molecule has 2 aliphatic rings. The minimum atomic E-state index is 0. The van der Waals surface area contributed by atoms with Crippen molar-refractivity contribution < 1.29 is 4.79 Å². The molecule has 2 fully saturated rings. The Morgan fingerprint density at radius 2 is 1.73 bits per heavy atom. The van der Waals surface area contributed by atoms with E-state index in [2.05, 4.69) is 11.8 Å². The lowest BCUT2D eigenvalue weighted by molar-refractivity contribution is -0.134. The van der Waals surface area contributed by atoms with Crippen LogP contribution in [0.15, 0.2) is 0 Å². The molecule has 0 bridgehead atoms.